The van der Waals surface area contributed by atoms with Gasteiger partial charge in [-0.15, -0.1) is 0 Å². The molecule has 2 heterocycles. The molecule has 24 heavy (non-hydrogen) atoms. The van der Waals surface area contributed by atoms with Crippen LogP contribution in [0, 0.1) is 0 Å². The lowest BCUT2D eigenvalue weighted by atomic mass is 9.73. The summed E-state index contributed by atoms with van der Waals surface area (Å²) in [6.07, 6.45) is 2.50. The van der Waals surface area contributed by atoms with Crippen LogP contribution in [-0.2, 0) is 21.5 Å². The lowest BCUT2D eigenvalue weighted by Gasteiger charge is -2.40. The SMILES string of the molecule is CCCN(Cc1ccsc1)C(=O)C1(c2ccccc2)CCOCC1. The molecule has 2 aromatic rings. The molecule has 0 atom stereocenters. The van der Waals surface area contributed by atoms with Crippen LogP contribution < -0.4 is 0 Å². The summed E-state index contributed by atoms with van der Waals surface area (Å²) in [5.74, 6) is 0.255. The molecule has 1 amide bonds. The van der Waals surface area contributed by atoms with E-state index in [0.29, 0.717) is 19.8 Å². The van der Waals surface area contributed by atoms with E-state index in [1.807, 2.05) is 23.1 Å². The van der Waals surface area contributed by atoms with Gasteiger partial charge in [0.15, 0.2) is 0 Å². The van der Waals surface area contributed by atoms with Crippen LogP contribution in [0.25, 0.3) is 0 Å². The maximum Gasteiger partial charge on any atom is 0.233 e. The Bertz CT molecular complexity index is 633. The number of carbonyl (C=O) groups excluding carboxylic acids is 1. The lowest BCUT2D eigenvalue weighted by Crippen LogP contribution is -2.49. The average molecular weight is 343 g/mol. The number of benzene rings is 1. The first-order chi connectivity index (χ1) is 11.8. The zero-order chi connectivity index (χ0) is 16.8. The van der Waals surface area contributed by atoms with Crippen LogP contribution in [0.5, 0.6) is 0 Å². The molecule has 128 valence electrons. The molecule has 0 N–H and O–H groups in total. The number of nitrogens with zero attached hydrogens (tertiary/aromatic N) is 1. The molecule has 1 aliphatic heterocycles. The summed E-state index contributed by atoms with van der Waals surface area (Å²) in [4.78, 5) is 15.7. The summed E-state index contributed by atoms with van der Waals surface area (Å²) in [7, 11) is 0. The first-order valence-electron chi connectivity index (χ1n) is 8.70. The van der Waals surface area contributed by atoms with Crippen LogP contribution in [0.3, 0.4) is 0 Å². The fourth-order valence-corrected chi connectivity index (χ4v) is 4.19. The van der Waals surface area contributed by atoms with Gasteiger partial charge in [0.1, 0.15) is 0 Å². The van der Waals surface area contributed by atoms with Crippen LogP contribution in [-0.4, -0.2) is 30.6 Å². The molecule has 3 nitrogen and oxygen atoms in total. The van der Waals surface area contributed by atoms with Gasteiger partial charge >= 0.3 is 0 Å². The smallest absolute Gasteiger partial charge is 0.233 e. The molecular formula is C20H25NO2S. The Hall–Kier alpha value is -1.65. The van der Waals surface area contributed by atoms with Gasteiger partial charge in [-0.05, 0) is 47.2 Å². The van der Waals surface area contributed by atoms with Crippen molar-refractivity contribution in [2.24, 2.45) is 0 Å². The molecule has 1 aromatic carbocycles. The first kappa shape index (κ1) is 17.2. The number of ether oxygens (including phenoxy) is 1. The second-order valence-electron chi connectivity index (χ2n) is 6.42. The van der Waals surface area contributed by atoms with Crippen molar-refractivity contribution in [2.75, 3.05) is 19.8 Å². The minimum Gasteiger partial charge on any atom is -0.381 e. The maximum absolute atomic E-state index is 13.6. The van der Waals surface area contributed by atoms with Crippen LogP contribution in [0.2, 0.25) is 0 Å². The van der Waals surface area contributed by atoms with E-state index in [0.717, 1.165) is 31.4 Å². The quantitative estimate of drug-likeness (QED) is 0.785. The van der Waals surface area contributed by atoms with E-state index >= 15 is 0 Å². The van der Waals surface area contributed by atoms with E-state index in [1.54, 1.807) is 11.3 Å². The third-order valence-corrected chi connectivity index (χ3v) is 5.55. The molecular weight excluding hydrogens is 318 g/mol. The number of hydrogen-bond donors (Lipinski definition) is 0. The fourth-order valence-electron chi connectivity index (χ4n) is 3.53. The number of amides is 1. The van der Waals surface area contributed by atoms with Gasteiger partial charge in [-0.2, -0.15) is 11.3 Å². The van der Waals surface area contributed by atoms with Gasteiger partial charge in [0, 0.05) is 26.3 Å². The molecule has 0 saturated carbocycles. The van der Waals surface area contributed by atoms with E-state index in [4.69, 9.17) is 4.74 Å². The Morgan fingerprint density at radius 3 is 2.58 bits per heavy atom. The highest BCUT2D eigenvalue weighted by molar-refractivity contribution is 7.07. The Morgan fingerprint density at radius 1 is 1.21 bits per heavy atom. The van der Waals surface area contributed by atoms with Crippen molar-refractivity contribution in [3.8, 4) is 0 Å². The fraction of sp³-hybridized carbons (Fsp3) is 0.450. The van der Waals surface area contributed by atoms with Gasteiger partial charge in [-0.25, -0.2) is 0 Å². The molecule has 0 unspecified atom stereocenters. The van der Waals surface area contributed by atoms with Crippen molar-refractivity contribution < 1.29 is 9.53 Å². The third-order valence-electron chi connectivity index (χ3n) is 4.82. The molecule has 1 fully saturated rings. The van der Waals surface area contributed by atoms with E-state index in [2.05, 4.69) is 35.9 Å². The largest absolute Gasteiger partial charge is 0.381 e. The summed E-state index contributed by atoms with van der Waals surface area (Å²) < 4.78 is 5.57. The number of thiophene rings is 1. The van der Waals surface area contributed by atoms with Crippen LogP contribution >= 0.6 is 11.3 Å². The number of carbonyl (C=O) groups is 1. The van der Waals surface area contributed by atoms with E-state index in [1.165, 1.54) is 5.56 Å². The maximum atomic E-state index is 13.6. The molecule has 1 aliphatic rings. The minimum absolute atomic E-state index is 0.255. The van der Waals surface area contributed by atoms with Crippen LogP contribution in [0.1, 0.15) is 37.3 Å². The van der Waals surface area contributed by atoms with Crippen molar-refractivity contribution in [1.29, 1.82) is 0 Å². The summed E-state index contributed by atoms with van der Waals surface area (Å²) in [6.45, 7) is 4.93. The standard InChI is InChI=1S/C20H25NO2S/c1-2-11-21(15-17-8-14-24-16-17)19(22)20(9-12-23-13-10-20)18-6-4-3-5-7-18/h3-8,14,16H,2,9-13,15H2,1H3. The molecule has 0 bridgehead atoms. The highest BCUT2D eigenvalue weighted by Crippen LogP contribution is 2.37. The van der Waals surface area contributed by atoms with Crippen molar-refractivity contribution in [1.82, 2.24) is 4.90 Å². The van der Waals surface area contributed by atoms with Gasteiger partial charge < -0.3 is 9.64 Å². The molecule has 1 saturated heterocycles. The topological polar surface area (TPSA) is 29.5 Å². The Morgan fingerprint density at radius 2 is 1.96 bits per heavy atom. The van der Waals surface area contributed by atoms with Gasteiger partial charge in [0.25, 0.3) is 0 Å². The molecule has 4 heteroatoms. The van der Waals surface area contributed by atoms with Gasteiger partial charge in [0.05, 0.1) is 5.41 Å². The van der Waals surface area contributed by atoms with Crippen LogP contribution in [0.4, 0.5) is 0 Å². The van der Waals surface area contributed by atoms with E-state index < -0.39 is 5.41 Å². The highest BCUT2D eigenvalue weighted by Gasteiger charge is 2.43. The Kier molecular flexibility index (Phi) is 5.69. The number of rotatable bonds is 6. The third kappa shape index (κ3) is 3.55. The second-order valence-corrected chi connectivity index (χ2v) is 7.20. The molecule has 1 aromatic heterocycles. The van der Waals surface area contributed by atoms with Crippen LogP contribution in [0.15, 0.2) is 47.2 Å². The highest BCUT2D eigenvalue weighted by atomic mass is 32.1. The zero-order valence-corrected chi connectivity index (χ0v) is 15.1. The van der Waals surface area contributed by atoms with Crippen molar-refractivity contribution in [3.05, 3.63) is 58.3 Å². The van der Waals surface area contributed by atoms with Gasteiger partial charge in [0.2, 0.25) is 5.91 Å². The first-order valence-corrected chi connectivity index (χ1v) is 9.64. The number of hydrogen-bond acceptors (Lipinski definition) is 3. The second kappa shape index (κ2) is 7.95. The monoisotopic (exact) mass is 343 g/mol. The van der Waals surface area contributed by atoms with E-state index in [9.17, 15) is 4.79 Å². The Labute approximate surface area is 148 Å². The van der Waals surface area contributed by atoms with Crippen molar-refractivity contribution in [2.45, 2.75) is 38.1 Å². The average Bonchev–Trinajstić information content (AvgIpc) is 3.15. The minimum atomic E-state index is -0.440. The summed E-state index contributed by atoms with van der Waals surface area (Å²) in [6, 6.07) is 12.4. The van der Waals surface area contributed by atoms with Crippen molar-refractivity contribution >= 4 is 17.2 Å². The lowest BCUT2D eigenvalue weighted by molar-refractivity contribution is -0.142. The van der Waals surface area contributed by atoms with Gasteiger partial charge in [-0.1, -0.05) is 37.3 Å². The van der Waals surface area contributed by atoms with Gasteiger partial charge in [-0.3, -0.25) is 4.79 Å². The summed E-state index contributed by atoms with van der Waals surface area (Å²) >= 11 is 1.68. The van der Waals surface area contributed by atoms with E-state index in [-0.39, 0.29) is 5.91 Å². The molecule has 0 spiro atoms. The summed E-state index contributed by atoms with van der Waals surface area (Å²) in [5.41, 5.74) is 1.91. The summed E-state index contributed by atoms with van der Waals surface area (Å²) in [5, 5.41) is 4.21. The zero-order valence-electron chi connectivity index (χ0n) is 14.2. The molecule has 0 aliphatic carbocycles. The predicted octanol–water partition coefficient (Wildman–Crippen LogP) is 4.24. The Balaban J connectivity index is 1.91. The van der Waals surface area contributed by atoms with Crippen molar-refractivity contribution in [3.63, 3.8) is 0 Å². The molecule has 3 rings (SSSR count). The predicted molar refractivity (Wildman–Crippen MR) is 98.2 cm³/mol. The molecule has 0 radical (unpaired) electrons. The normalized spacial score (nSPS) is 16.7.